The zero-order chi connectivity index (χ0) is 22.8. The van der Waals surface area contributed by atoms with Gasteiger partial charge in [-0.15, -0.1) is 0 Å². The molecule has 1 aromatic carbocycles. The molecule has 2 aromatic heterocycles. The molecule has 1 aliphatic rings. The number of benzene rings is 1. The summed E-state index contributed by atoms with van der Waals surface area (Å²) in [7, 11) is 4.03. The number of hydrogen-bond donors (Lipinski definition) is 2. The van der Waals surface area contributed by atoms with Gasteiger partial charge in [0.25, 0.3) is 0 Å². The van der Waals surface area contributed by atoms with Crippen molar-refractivity contribution in [2.75, 3.05) is 27.2 Å². The number of hydrogen-bond acceptors (Lipinski definition) is 5. The lowest BCUT2D eigenvalue weighted by molar-refractivity contribution is 0.0697. The third-order valence-corrected chi connectivity index (χ3v) is 6.06. The van der Waals surface area contributed by atoms with Crippen LogP contribution in [0.15, 0.2) is 59.1 Å². The molecule has 2 N–H and O–H groups in total. The SMILES string of the molecule is CN(C)CCN1C(=S)N[C@H](c2ccccn2)[C@@H]1c1ccc(-c2cc(C(=O)O)ccc2Cl)o1. The number of furan rings is 1. The monoisotopic (exact) mass is 470 g/mol. The van der Waals surface area contributed by atoms with Crippen LogP contribution in [-0.4, -0.2) is 58.2 Å². The molecule has 1 aliphatic heterocycles. The van der Waals surface area contributed by atoms with Crippen LogP contribution in [0.3, 0.4) is 0 Å². The van der Waals surface area contributed by atoms with Crippen molar-refractivity contribution in [2.45, 2.75) is 12.1 Å². The molecule has 0 unspecified atom stereocenters. The molecule has 32 heavy (non-hydrogen) atoms. The topological polar surface area (TPSA) is 81.8 Å². The first-order chi connectivity index (χ1) is 15.3. The van der Waals surface area contributed by atoms with Gasteiger partial charge in [0.05, 0.1) is 22.3 Å². The number of nitrogens with one attached hydrogen (secondary N) is 1. The number of aromatic nitrogens is 1. The van der Waals surface area contributed by atoms with Gasteiger partial charge in [-0.3, -0.25) is 4.98 Å². The second-order valence-electron chi connectivity index (χ2n) is 7.83. The summed E-state index contributed by atoms with van der Waals surface area (Å²) < 4.78 is 6.25. The summed E-state index contributed by atoms with van der Waals surface area (Å²) in [6, 6.07) is 13.6. The molecule has 3 aromatic rings. The Kier molecular flexibility index (Phi) is 6.45. The molecule has 0 bridgehead atoms. The van der Waals surface area contributed by atoms with Crippen molar-refractivity contribution in [1.29, 1.82) is 0 Å². The van der Waals surface area contributed by atoms with Crippen molar-refractivity contribution in [3.63, 3.8) is 0 Å². The Morgan fingerprint density at radius 3 is 2.78 bits per heavy atom. The first kappa shape index (κ1) is 22.3. The van der Waals surface area contributed by atoms with Crippen LogP contribution in [0.4, 0.5) is 0 Å². The molecule has 1 saturated heterocycles. The lowest BCUT2D eigenvalue weighted by Gasteiger charge is -2.27. The number of carboxylic acid groups (broad SMARTS) is 1. The molecular weight excluding hydrogens is 448 g/mol. The van der Waals surface area contributed by atoms with Gasteiger partial charge in [-0.1, -0.05) is 17.7 Å². The first-order valence-corrected chi connectivity index (χ1v) is 10.9. The Morgan fingerprint density at radius 2 is 2.09 bits per heavy atom. The predicted molar refractivity (Wildman–Crippen MR) is 127 cm³/mol. The smallest absolute Gasteiger partial charge is 0.335 e. The number of nitrogens with zero attached hydrogens (tertiary/aromatic N) is 3. The summed E-state index contributed by atoms with van der Waals surface area (Å²) >= 11 is 12.0. The van der Waals surface area contributed by atoms with Crippen LogP contribution in [0.5, 0.6) is 0 Å². The third kappa shape index (κ3) is 4.48. The van der Waals surface area contributed by atoms with Crippen LogP contribution in [0, 0.1) is 0 Å². The van der Waals surface area contributed by atoms with Crippen molar-refractivity contribution >= 4 is 34.9 Å². The van der Waals surface area contributed by atoms with E-state index < -0.39 is 5.97 Å². The summed E-state index contributed by atoms with van der Waals surface area (Å²) in [5.41, 5.74) is 1.53. The van der Waals surface area contributed by atoms with Crippen LogP contribution in [0.2, 0.25) is 5.02 Å². The van der Waals surface area contributed by atoms with Crippen molar-refractivity contribution in [2.24, 2.45) is 0 Å². The van der Waals surface area contributed by atoms with Gasteiger partial charge in [0.1, 0.15) is 17.6 Å². The summed E-state index contributed by atoms with van der Waals surface area (Å²) in [5.74, 6) is 0.168. The number of carbonyl (C=O) groups is 1. The molecule has 4 rings (SSSR count). The van der Waals surface area contributed by atoms with Gasteiger partial charge in [-0.2, -0.15) is 0 Å². The second-order valence-corrected chi connectivity index (χ2v) is 8.62. The molecule has 0 amide bonds. The molecule has 0 radical (unpaired) electrons. The highest BCUT2D eigenvalue weighted by molar-refractivity contribution is 7.80. The largest absolute Gasteiger partial charge is 0.478 e. The van der Waals surface area contributed by atoms with Gasteiger partial charge < -0.3 is 24.6 Å². The van der Waals surface area contributed by atoms with Crippen LogP contribution in [0.1, 0.15) is 33.9 Å². The van der Waals surface area contributed by atoms with Gasteiger partial charge in [0.15, 0.2) is 5.11 Å². The van der Waals surface area contributed by atoms with Crippen LogP contribution >= 0.6 is 23.8 Å². The Hall–Kier alpha value is -2.94. The van der Waals surface area contributed by atoms with Crippen LogP contribution in [-0.2, 0) is 0 Å². The van der Waals surface area contributed by atoms with E-state index in [-0.39, 0.29) is 17.6 Å². The number of halogens is 1. The van der Waals surface area contributed by atoms with Gasteiger partial charge in [-0.25, -0.2) is 4.79 Å². The van der Waals surface area contributed by atoms with Gasteiger partial charge in [0.2, 0.25) is 0 Å². The Labute approximate surface area is 196 Å². The number of carboxylic acids is 1. The van der Waals surface area contributed by atoms with E-state index in [0.29, 0.717) is 33.8 Å². The van der Waals surface area contributed by atoms with Gasteiger partial charge in [0, 0.05) is 24.8 Å². The Morgan fingerprint density at radius 1 is 1.28 bits per heavy atom. The van der Waals surface area contributed by atoms with E-state index in [2.05, 4.69) is 20.1 Å². The zero-order valence-corrected chi connectivity index (χ0v) is 19.2. The van der Waals surface area contributed by atoms with E-state index in [0.717, 1.165) is 12.2 Å². The summed E-state index contributed by atoms with van der Waals surface area (Å²) in [4.78, 5) is 20.1. The molecule has 7 nitrogen and oxygen atoms in total. The van der Waals surface area contributed by atoms with Crippen molar-refractivity contribution in [3.8, 4) is 11.3 Å². The van der Waals surface area contributed by atoms with E-state index in [1.165, 1.54) is 12.1 Å². The standard InChI is InChI=1S/C23H23ClN4O3S/c1-27(2)11-12-28-21(20(26-23(28)32)17-5-3-4-10-25-17)19-9-8-18(31-19)15-13-14(22(29)30)6-7-16(15)24/h3-10,13,20-21H,11-12H2,1-2H3,(H,26,32)(H,29,30)/t20-,21+/m1/s1. The third-order valence-electron chi connectivity index (χ3n) is 5.38. The fourth-order valence-electron chi connectivity index (χ4n) is 3.77. The fourth-order valence-corrected chi connectivity index (χ4v) is 4.31. The lowest BCUT2D eigenvalue weighted by atomic mass is 10.0. The number of rotatable bonds is 7. The zero-order valence-electron chi connectivity index (χ0n) is 17.7. The number of thiocarbonyl (C=S) groups is 1. The first-order valence-electron chi connectivity index (χ1n) is 10.1. The molecule has 166 valence electrons. The highest BCUT2D eigenvalue weighted by Crippen LogP contribution is 2.41. The minimum atomic E-state index is -1.02. The summed E-state index contributed by atoms with van der Waals surface area (Å²) in [5, 5.41) is 13.8. The second kappa shape index (κ2) is 9.28. The summed E-state index contributed by atoms with van der Waals surface area (Å²) in [6.07, 6.45) is 1.75. The predicted octanol–water partition coefficient (Wildman–Crippen LogP) is 4.23. The van der Waals surface area contributed by atoms with Crippen LogP contribution in [0.25, 0.3) is 11.3 Å². The van der Waals surface area contributed by atoms with Gasteiger partial charge in [-0.05, 0) is 68.8 Å². The van der Waals surface area contributed by atoms with Gasteiger partial charge >= 0.3 is 5.97 Å². The van der Waals surface area contributed by atoms with Crippen molar-refractivity contribution in [3.05, 3.63) is 76.8 Å². The maximum atomic E-state index is 11.4. The highest BCUT2D eigenvalue weighted by atomic mass is 35.5. The number of aromatic carboxylic acids is 1. The Bertz CT molecular complexity index is 1140. The quantitative estimate of drug-likeness (QED) is 0.496. The maximum absolute atomic E-state index is 11.4. The molecular formula is C23H23ClN4O3S. The maximum Gasteiger partial charge on any atom is 0.335 e. The molecule has 0 aliphatic carbocycles. The van der Waals surface area contributed by atoms with Crippen LogP contribution < -0.4 is 5.32 Å². The average Bonchev–Trinajstić information content (AvgIpc) is 3.37. The van der Waals surface area contributed by atoms with Crippen molar-refractivity contribution < 1.29 is 14.3 Å². The minimum Gasteiger partial charge on any atom is -0.478 e. The van der Waals surface area contributed by atoms with E-state index in [4.69, 9.17) is 28.2 Å². The average molecular weight is 471 g/mol. The molecule has 3 heterocycles. The van der Waals surface area contributed by atoms with E-state index >= 15 is 0 Å². The number of likely N-dealkylation sites (N-methyl/N-ethyl adjacent to an activating group) is 1. The molecule has 1 fully saturated rings. The van der Waals surface area contributed by atoms with E-state index in [1.54, 1.807) is 12.3 Å². The normalized spacial score (nSPS) is 18.2. The minimum absolute atomic E-state index is 0.144. The number of pyridine rings is 1. The summed E-state index contributed by atoms with van der Waals surface area (Å²) in [6.45, 7) is 1.52. The fraction of sp³-hybridized carbons (Fsp3) is 0.261. The lowest BCUT2D eigenvalue weighted by Crippen LogP contribution is -2.35. The van der Waals surface area contributed by atoms with Crippen molar-refractivity contribution in [1.82, 2.24) is 20.1 Å². The highest BCUT2D eigenvalue weighted by Gasteiger charge is 2.41. The molecule has 0 spiro atoms. The Balaban J connectivity index is 1.73. The van der Waals surface area contributed by atoms with E-state index in [1.807, 2.05) is 44.4 Å². The molecule has 9 heteroatoms. The molecule has 0 saturated carbocycles. The van der Waals surface area contributed by atoms with E-state index in [9.17, 15) is 9.90 Å². The molecule has 2 atom stereocenters.